The molecule has 2 heterocycles. The van der Waals surface area contributed by atoms with Gasteiger partial charge >= 0.3 is 6.03 Å². The van der Waals surface area contributed by atoms with Crippen molar-refractivity contribution in [3.05, 3.63) is 54.4 Å². The number of amides is 4. The molecule has 0 bridgehead atoms. The smallest absolute Gasteiger partial charge is 0.325 e. The van der Waals surface area contributed by atoms with Crippen LogP contribution in [-0.2, 0) is 23.2 Å². The Labute approximate surface area is 172 Å². The van der Waals surface area contributed by atoms with Crippen LogP contribution in [0, 0.1) is 0 Å². The zero-order valence-electron chi connectivity index (χ0n) is 16.6. The predicted octanol–water partition coefficient (Wildman–Crippen LogP) is 2.03. The van der Waals surface area contributed by atoms with Crippen LogP contribution in [0.4, 0.5) is 10.5 Å². The van der Waals surface area contributed by atoms with Gasteiger partial charge in [-0.3, -0.25) is 14.5 Å². The highest BCUT2D eigenvalue weighted by molar-refractivity contribution is 6.07. The van der Waals surface area contributed by atoms with Crippen molar-refractivity contribution >= 4 is 34.6 Å². The van der Waals surface area contributed by atoms with Gasteiger partial charge in [-0.25, -0.2) is 9.78 Å². The molecule has 1 atom stereocenters. The molecule has 30 heavy (non-hydrogen) atoms. The molecule has 4 amide bonds. The molecule has 0 spiro atoms. The maximum Gasteiger partial charge on any atom is 0.325 e. The summed E-state index contributed by atoms with van der Waals surface area (Å²) in [6.07, 6.45) is 1.55. The Balaban J connectivity index is 1.38. The van der Waals surface area contributed by atoms with E-state index in [-0.39, 0.29) is 18.9 Å². The van der Waals surface area contributed by atoms with Crippen LogP contribution in [0.2, 0.25) is 0 Å². The summed E-state index contributed by atoms with van der Waals surface area (Å²) in [5.41, 5.74) is 3.07. The number of imidazole rings is 1. The third-order valence-electron chi connectivity index (χ3n) is 5.01. The lowest BCUT2D eigenvalue weighted by atomic mass is 10.1. The van der Waals surface area contributed by atoms with E-state index < -0.39 is 18.0 Å². The molecule has 1 saturated heterocycles. The summed E-state index contributed by atoms with van der Waals surface area (Å²) >= 11 is 0. The number of imide groups is 1. The number of nitrogens with one attached hydrogen (secondary N) is 2. The van der Waals surface area contributed by atoms with E-state index in [4.69, 9.17) is 4.74 Å². The number of nitrogens with zero attached hydrogens (tertiary/aromatic N) is 3. The highest BCUT2D eigenvalue weighted by Crippen LogP contribution is 2.19. The van der Waals surface area contributed by atoms with E-state index in [1.54, 1.807) is 49.8 Å². The second-order valence-electron chi connectivity index (χ2n) is 7.09. The van der Waals surface area contributed by atoms with Crippen molar-refractivity contribution in [3.8, 4) is 5.75 Å². The lowest BCUT2D eigenvalue weighted by Crippen LogP contribution is -2.34. The molecule has 1 aromatic heterocycles. The minimum atomic E-state index is -0.894. The first-order valence-electron chi connectivity index (χ1n) is 9.40. The average molecular weight is 407 g/mol. The fourth-order valence-corrected chi connectivity index (χ4v) is 3.39. The summed E-state index contributed by atoms with van der Waals surface area (Å²) in [7, 11) is 3.45. The zero-order chi connectivity index (χ0) is 21.3. The van der Waals surface area contributed by atoms with E-state index >= 15 is 0 Å². The molecule has 4 rings (SSSR count). The number of aromatic nitrogens is 2. The molecule has 2 N–H and O–H groups in total. The first kappa shape index (κ1) is 19.4. The topological polar surface area (TPSA) is 106 Å². The molecule has 0 unspecified atom stereocenters. The maximum absolute atomic E-state index is 12.6. The minimum absolute atomic E-state index is 0.128. The SMILES string of the molecule is COc1ccc(CN2C(=O)N[C@@H](CC(=O)Nc3ccc4c(c3)ncn4C)C2=O)cc1. The van der Waals surface area contributed by atoms with Crippen molar-refractivity contribution in [2.75, 3.05) is 12.4 Å². The van der Waals surface area contributed by atoms with Crippen LogP contribution in [0.25, 0.3) is 11.0 Å². The number of carbonyl (C=O) groups excluding carboxylic acids is 3. The van der Waals surface area contributed by atoms with Gasteiger partial charge in [-0.1, -0.05) is 12.1 Å². The van der Waals surface area contributed by atoms with Gasteiger partial charge in [0.25, 0.3) is 5.91 Å². The summed E-state index contributed by atoms with van der Waals surface area (Å²) in [4.78, 5) is 42.7. The molecule has 3 aromatic rings. The lowest BCUT2D eigenvalue weighted by Gasteiger charge is -2.13. The van der Waals surface area contributed by atoms with E-state index in [0.29, 0.717) is 11.4 Å². The van der Waals surface area contributed by atoms with Crippen molar-refractivity contribution < 1.29 is 19.1 Å². The Morgan fingerprint density at radius 3 is 2.70 bits per heavy atom. The summed E-state index contributed by atoms with van der Waals surface area (Å²) in [6.45, 7) is 0.128. The predicted molar refractivity (Wildman–Crippen MR) is 110 cm³/mol. The van der Waals surface area contributed by atoms with Crippen LogP contribution in [0.5, 0.6) is 5.75 Å². The van der Waals surface area contributed by atoms with Crippen molar-refractivity contribution in [3.63, 3.8) is 0 Å². The summed E-state index contributed by atoms with van der Waals surface area (Å²) in [6, 6.07) is 11.1. The quantitative estimate of drug-likeness (QED) is 0.609. The highest BCUT2D eigenvalue weighted by Gasteiger charge is 2.39. The third-order valence-corrected chi connectivity index (χ3v) is 5.01. The van der Waals surface area contributed by atoms with Gasteiger partial charge in [0.2, 0.25) is 5.91 Å². The Morgan fingerprint density at radius 2 is 1.97 bits per heavy atom. The number of anilines is 1. The Bertz CT molecular complexity index is 1120. The molecule has 9 nitrogen and oxygen atoms in total. The number of ether oxygens (including phenoxy) is 1. The summed E-state index contributed by atoms with van der Waals surface area (Å²) < 4.78 is 6.99. The molecular formula is C21H21N5O4. The molecule has 1 fully saturated rings. The second kappa shape index (κ2) is 7.86. The molecule has 9 heteroatoms. The number of carbonyl (C=O) groups is 3. The number of fused-ring (bicyclic) bond motifs is 1. The van der Waals surface area contributed by atoms with Crippen LogP contribution in [0.1, 0.15) is 12.0 Å². The largest absolute Gasteiger partial charge is 0.497 e. The number of benzene rings is 2. The van der Waals surface area contributed by atoms with Crippen molar-refractivity contribution in [1.29, 1.82) is 0 Å². The van der Waals surface area contributed by atoms with Gasteiger partial charge in [0.1, 0.15) is 11.8 Å². The van der Waals surface area contributed by atoms with Crippen LogP contribution >= 0.6 is 0 Å². The van der Waals surface area contributed by atoms with Gasteiger partial charge in [0.15, 0.2) is 0 Å². The van der Waals surface area contributed by atoms with E-state index in [9.17, 15) is 14.4 Å². The molecular weight excluding hydrogens is 386 g/mol. The van der Waals surface area contributed by atoms with Gasteiger partial charge in [0, 0.05) is 12.7 Å². The number of methoxy groups -OCH3 is 1. The summed E-state index contributed by atoms with van der Waals surface area (Å²) in [5.74, 6) is -0.101. The standard InChI is InChI=1S/C21H21N5O4/c1-25-12-22-16-9-14(5-8-18(16)25)23-19(27)10-17-20(28)26(21(29)24-17)11-13-3-6-15(30-2)7-4-13/h3-9,12,17H,10-11H2,1-2H3,(H,23,27)(H,24,29)/t17-/m0/s1. The van der Waals surface area contributed by atoms with Crippen molar-refractivity contribution in [1.82, 2.24) is 19.8 Å². The average Bonchev–Trinajstić information content (AvgIpc) is 3.22. The number of rotatable bonds is 6. The Hall–Kier alpha value is -3.88. The molecule has 0 aliphatic carbocycles. The van der Waals surface area contributed by atoms with Gasteiger partial charge in [-0.15, -0.1) is 0 Å². The molecule has 154 valence electrons. The molecule has 0 radical (unpaired) electrons. The molecule has 1 aliphatic rings. The number of hydrogen-bond donors (Lipinski definition) is 2. The van der Waals surface area contributed by atoms with Crippen molar-refractivity contribution in [2.45, 2.75) is 19.0 Å². The first-order valence-corrected chi connectivity index (χ1v) is 9.40. The number of aryl methyl sites for hydroxylation is 1. The number of urea groups is 1. The first-order chi connectivity index (χ1) is 14.4. The van der Waals surface area contributed by atoms with Crippen LogP contribution < -0.4 is 15.4 Å². The highest BCUT2D eigenvalue weighted by atomic mass is 16.5. The van der Waals surface area contributed by atoms with E-state index in [1.807, 2.05) is 17.7 Å². The monoisotopic (exact) mass is 407 g/mol. The zero-order valence-corrected chi connectivity index (χ0v) is 16.6. The maximum atomic E-state index is 12.6. The van der Waals surface area contributed by atoms with E-state index in [2.05, 4.69) is 15.6 Å². The Kier molecular flexibility index (Phi) is 5.09. The van der Waals surface area contributed by atoms with E-state index in [1.165, 1.54) is 0 Å². The van der Waals surface area contributed by atoms with Crippen LogP contribution in [-0.4, -0.2) is 45.4 Å². The Morgan fingerprint density at radius 1 is 1.20 bits per heavy atom. The van der Waals surface area contributed by atoms with Gasteiger partial charge < -0.3 is 19.9 Å². The van der Waals surface area contributed by atoms with Gasteiger partial charge in [0.05, 0.1) is 37.4 Å². The second-order valence-corrected chi connectivity index (χ2v) is 7.09. The molecule has 1 aliphatic heterocycles. The molecule has 2 aromatic carbocycles. The summed E-state index contributed by atoms with van der Waals surface area (Å²) in [5, 5.41) is 5.34. The number of hydrogen-bond acceptors (Lipinski definition) is 5. The minimum Gasteiger partial charge on any atom is -0.497 e. The lowest BCUT2D eigenvalue weighted by molar-refractivity contribution is -0.130. The normalized spacial score (nSPS) is 16.1. The van der Waals surface area contributed by atoms with Gasteiger partial charge in [-0.05, 0) is 35.9 Å². The van der Waals surface area contributed by atoms with Gasteiger partial charge in [-0.2, -0.15) is 0 Å². The fourth-order valence-electron chi connectivity index (χ4n) is 3.39. The van der Waals surface area contributed by atoms with Crippen molar-refractivity contribution in [2.24, 2.45) is 7.05 Å². The fraction of sp³-hybridized carbons (Fsp3) is 0.238. The van der Waals surface area contributed by atoms with E-state index in [0.717, 1.165) is 21.5 Å². The third kappa shape index (κ3) is 3.82. The van der Waals surface area contributed by atoms with Crippen LogP contribution in [0.3, 0.4) is 0 Å². The molecule has 0 saturated carbocycles. The van der Waals surface area contributed by atoms with Crippen LogP contribution in [0.15, 0.2) is 48.8 Å².